The maximum Gasteiger partial charge on any atom is 0.292 e. The van der Waals surface area contributed by atoms with Gasteiger partial charge < -0.3 is 9.80 Å². The Labute approximate surface area is 123 Å². The summed E-state index contributed by atoms with van der Waals surface area (Å²) in [5.41, 5.74) is 0.286. The summed E-state index contributed by atoms with van der Waals surface area (Å²) in [4.78, 5) is 28.5. The molecule has 0 spiro atoms. The first-order valence-corrected chi connectivity index (χ1v) is 6.90. The maximum atomic E-state index is 12.3. The van der Waals surface area contributed by atoms with E-state index in [2.05, 4.69) is 16.8 Å². The molecule has 2 rings (SSSR count). The Morgan fingerprint density at radius 3 is 2.52 bits per heavy atom. The second kappa shape index (κ2) is 6.64. The Bertz CT molecular complexity index is 527. The zero-order valence-electron chi connectivity index (χ0n) is 12.4. The van der Waals surface area contributed by atoms with E-state index in [1.54, 1.807) is 25.2 Å². The number of benzene rings is 1. The summed E-state index contributed by atoms with van der Waals surface area (Å²) in [6, 6.07) is 6.30. The normalized spacial score (nSPS) is 16.7. The van der Waals surface area contributed by atoms with Gasteiger partial charge in [0.2, 0.25) is 5.91 Å². The highest BCUT2D eigenvalue weighted by atomic mass is 16.6. The van der Waals surface area contributed by atoms with Crippen LogP contribution in [0, 0.1) is 10.1 Å². The van der Waals surface area contributed by atoms with Gasteiger partial charge in [-0.2, -0.15) is 0 Å². The van der Waals surface area contributed by atoms with E-state index in [4.69, 9.17) is 0 Å². The van der Waals surface area contributed by atoms with Crippen LogP contribution in [0.4, 0.5) is 11.4 Å². The molecule has 1 fully saturated rings. The number of nitro groups is 1. The van der Waals surface area contributed by atoms with Crippen molar-refractivity contribution in [3.05, 3.63) is 34.4 Å². The summed E-state index contributed by atoms with van der Waals surface area (Å²) < 4.78 is 0. The van der Waals surface area contributed by atoms with Crippen molar-refractivity contribution < 1.29 is 9.72 Å². The van der Waals surface area contributed by atoms with Crippen LogP contribution in [-0.4, -0.2) is 67.4 Å². The Kier molecular flexibility index (Phi) is 4.87. The van der Waals surface area contributed by atoms with Crippen molar-refractivity contribution >= 4 is 17.3 Å². The lowest BCUT2D eigenvalue weighted by molar-refractivity contribution is -0.384. The SMILES string of the molecule is CN1CCN(CC(=O)N(C)c2ccccc2[N+](=O)[O-])CC1. The lowest BCUT2D eigenvalue weighted by Crippen LogP contribution is -2.48. The number of carbonyl (C=O) groups is 1. The first-order valence-electron chi connectivity index (χ1n) is 6.90. The highest BCUT2D eigenvalue weighted by molar-refractivity contribution is 5.96. The van der Waals surface area contributed by atoms with Crippen molar-refractivity contribution in [2.45, 2.75) is 0 Å². The molecule has 0 N–H and O–H groups in total. The van der Waals surface area contributed by atoms with E-state index in [1.807, 2.05) is 0 Å². The van der Waals surface area contributed by atoms with Crippen LogP contribution >= 0.6 is 0 Å². The standard InChI is InChI=1S/C14H20N4O3/c1-15-7-9-17(10-8-15)11-14(19)16(2)12-5-3-4-6-13(12)18(20)21/h3-6H,7-11H2,1-2H3. The largest absolute Gasteiger partial charge is 0.308 e. The predicted molar refractivity (Wildman–Crippen MR) is 80.4 cm³/mol. The molecule has 114 valence electrons. The number of nitro benzene ring substituents is 1. The van der Waals surface area contributed by atoms with Crippen molar-refractivity contribution in [1.29, 1.82) is 0 Å². The Morgan fingerprint density at radius 2 is 1.90 bits per heavy atom. The van der Waals surface area contributed by atoms with Crippen LogP contribution in [0.2, 0.25) is 0 Å². The van der Waals surface area contributed by atoms with Crippen LogP contribution in [0.1, 0.15) is 0 Å². The van der Waals surface area contributed by atoms with E-state index >= 15 is 0 Å². The number of nitrogens with zero attached hydrogens (tertiary/aromatic N) is 4. The molecule has 0 aromatic heterocycles. The predicted octanol–water partition coefficient (Wildman–Crippen LogP) is 0.805. The van der Waals surface area contributed by atoms with E-state index in [1.165, 1.54) is 11.0 Å². The highest BCUT2D eigenvalue weighted by Crippen LogP contribution is 2.26. The molecular formula is C14H20N4O3. The van der Waals surface area contributed by atoms with E-state index in [0.29, 0.717) is 5.69 Å². The second-order valence-corrected chi connectivity index (χ2v) is 5.28. The summed E-state index contributed by atoms with van der Waals surface area (Å²) in [6.45, 7) is 3.83. The van der Waals surface area contributed by atoms with E-state index in [0.717, 1.165) is 26.2 Å². The first-order chi connectivity index (χ1) is 9.99. The molecule has 0 bridgehead atoms. The Balaban J connectivity index is 2.04. The Morgan fingerprint density at radius 1 is 1.29 bits per heavy atom. The lowest BCUT2D eigenvalue weighted by atomic mass is 10.2. The van der Waals surface area contributed by atoms with Gasteiger partial charge in [0.1, 0.15) is 5.69 Å². The lowest BCUT2D eigenvalue weighted by Gasteiger charge is -2.32. The molecule has 7 nitrogen and oxygen atoms in total. The fraction of sp³-hybridized carbons (Fsp3) is 0.500. The third-order valence-corrected chi connectivity index (χ3v) is 3.77. The van der Waals surface area contributed by atoms with Crippen LogP contribution < -0.4 is 4.90 Å². The second-order valence-electron chi connectivity index (χ2n) is 5.28. The van der Waals surface area contributed by atoms with Crippen LogP contribution in [0.15, 0.2) is 24.3 Å². The van der Waals surface area contributed by atoms with Crippen LogP contribution in [0.5, 0.6) is 0 Å². The van der Waals surface area contributed by atoms with Gasteiger partial charge in [0.25, 0.3) is 5.69 Å². The summed E-state index contributed by atoms with van der Waals surface area (Å²) >= 11 is 0. The van der Waals surface area contributed by atoms with Gasteiger partial charge in [0, 0.05) is 39.3 Å². The summed E-state index contributed by atoms with van der Waals surface area (Å²) in [5.74, 6) is -0.131. The van der Waals surface area contributed by atoms with Gasteiger partial charge in [0.05, 0.1) is 11.5 Å². The van der Waals surface area contributed by atoms with Gasteiger partial charge in [-0.3, -0.25) is 19.8 Å². The number of hydrogen-bond acceptors (Lipinski definition) is 5. The monoisotopic (exact) mass is 292 g/mol. The number of carbonyl (C=O) groups excluding carboxylic acids is 1. The maximum absolute atomic E-state index is 12.3. The van der Waals surface area contributed by atoms with Gasteiger partial charge in [-0.05, 0) is 13.1 Å². The number of rotatable bonds is 4. The fourth-order valence-electron chi connectivity index (χ4n) is 2.34. The number of hydrogen-bond donors (Lipinski definition) is 0. The number of anilines is 1. The van der Waals surface area contributed by atoms with E-state index in [-0.39, 0.29) is 18.1 Å². The summed E-state index contributed by atoms with van der Waals surface area (Å²) in [7, 11) is 3.64. The number of piperazine rings is 1. The highest BCUT2D eigenvalue weighted by Gasteiger charge is 2.23. The molecule has 1 aliphatic heterocycles. The fourth-order valence-corrected chi connectivity index (χ4v) is 2.34. The minimum atomic E-state index is -0.463. The molecule has 1 heterocycles. The van der Waals surface area contributed by atoms with Crippen molar-refractivity contribution in [3.63, 3.8) is 0 Å². The number of amides is 1. The zero-order chi connectivity index (χ0) is 15.4. The molecule has 0 saturated carbocycles. The average molecular weight is 292 g/mol. The van der Waals surface area contributed by atoms with Crippen LogP contribution in [-0.2, 0) is 4.79 Å². The molecular weight excluding hydrogens is 272 g/mol. The minimum absolute atomic E-state index is 0.0493. The van der Waals surface area contributed by atoms with Gasteiger partial charge in [-0.1, -0.05) is 12.1 Å². The van der Waals surface area contributed by atoms with Crippen molar-refractivity contribution in [2.75, 3.05) is 51.7 Å². The zero-order valence-corrected chi connectivity index (χ0v) is 12.4. The van der Waals surface area contributed by atoms with Gasteiger partial charge >= 0.3 is 0 Å². The molecule has 0 unspecified atom stereocenters. The van der Waals surface area contributed by atoms with E-state index < -0.39 is 4.92 Å². The quantitative estimate of drug-likeness (QED) is 0.606. The molecule has 0 atom stereocenters. The van der Waals surface area contributed by atoms with Crippen LogP contribution in [0.3, 0.4) is 0 Å². The van der Waals surface area contributed by atoms with Gasteiger partial charge in [-0.25, -0.2) is 0 Å². The third-order valence-electron chi connectivity index (χ3n) is 3.77. The number of para-hydroxylation sites is 2. The summed E-state index contributed by atoms with van der Waals surface area (Å²) in [6.07, 6.45) is 0. The molecule has 1 aromatic carbocycles. The first kappa shape index (κ1) is 15.4. The van der Waals surface area contributed by atoms with Crippen LogP contribution in [0.25, 0.3) is 0 Å². The van der Waals surface area contributed by atoms with Crippen molar-refractivity contribution in [3.8, 4) is 0 Å². The molecule has 0 radical (unpaired) electrons. The number of likely N-dealkylation sites (N-methyl/N-ethyl adjacent to an activating group) is 2. The smallest absolute Gasteiger partial charge is 0.292 e. The molecule has 21 heavy (non-hydrogen) atoms. The molecule has 1 amide bonds. The Hall–Kier alpha value is -1.99. The molecule has 1 saturated heterocycles. The molecule has 7 heteroatoms. The van der Waals surface area contributed by atoms with E-state index in [9.17, 15) is 14.9 Å². The third kappa shape index (κ3) is 3.77. The minimum Gasteiger partial charge on any atom is -0.308 e. The topological polar surface area (TPSA) is 69.9 Å². The van der Waals surface area contributed by atoms with Crippen molar-refractivity contribution in [1.82, 2.24) is 9.80 Å². The molecule has 1 aliphatic rings. The molecule has 0 aliphatic carbocycles. The average Bonchev–Trinajstić information content (AvgIpc) is 2.48. The summed E-state index contributed by atoms with van der Waals surface area (Å²) in [5, 5.41) is 11.0. The molecule has 1 aromatic rings. The van der Waals surface area contributed by atoms with Crippen molar-refractivity contribution in [2.24, 2.45) is 0 Å². The van der Waals surface area contributed by atoms with Gasteiger partial charge in [-0.15, -0.1) is 0 Å². The van der Waals surface area contributed by atoms with Gasteiger partial charge in [0.15, 0.2) is 0 Å².